The molecule has 0 spiro atoms. The van der Waals surface area contributed by atoms with E-state index in [1.165, 1.54) is 34.4 Å². The molecule has 0 radical (unpaired) electrons. The zero-order valence-corrected chi connectivity index (χ0v) is 21.5. The summed E-state index contributed by atoms with van der Waals surface area (Å²) in [5, 5.41) is 8.32. The summed E-state index contributed by atoms with van der Waals surface area (Å²) < 4.78 is 19.6. The number of aromatic nitrogens is 2. The Bertz CT molecular complexity index is 1490. The molecule has 4 aromatic rings. The van der Waals surface area contributed by atoms with Gasteiger partial charge in [-0.3, -0.25) is 0 Å². The van der Waals surface area contributed by atoms with Crippen LogP contribution in [0.1, 0.15) is 46.7 Å². The minimum Gasteiger partial charge on any atom is -0.351 e. The standard InChI is InChI=1S/C29H27FN4OS/c1-17-12-13-21(14-19(17)3)26-25(28-32-27(33-35-28)22-10-7-11-24(30)15-22)20(4)34(29(36)31-26)16-23-9-6-5-8-18(23)2/h5-15,26H,16H2,1-4H3,(H,31,36). The van der Waals surface area contributed by atoms with Gasteiger partial charge >= 0.3 is 0 Å². The van der Waals surface area contributed by atoms with E-state index in [0.717, 1.165) is 16.8 Å². The van der Waals surface area contributed by atoms with Crippen molar-refractivity contribution < 1.29 is 8.91 Å². The van der Waals surface area contributed by atoms with Crippen LogP contribution in [0.25, 0.3) is 17.0 Å². The Balaban J connectivity index is 1.62. The molecule has 5 nitrogen and oxygen atoms in total. The second kappa shape index (κ2) is 9.66. The molecule has 0 bridgehead atoms. The predicted octanol–water partition coefficient (Wildman–Crippen LogP) is 6.66. The van der Waals surface area contributed by atoms with Gasteiger partial charge in [0.1, 0.15) is 5.82 Å². The number of hydrogen-bond acceptors (Lipinski definition) is 4. The molecule has 0 aliphatic carbocycles. The van der Waals surface area contributed by atoms with Crippen molar-refractivity contribution >= 4 is 22.9 Å². The van der Waals surface area contributed by atoms with Crippen molar-refractivity contribution in [2.45, 2.75) is 40.3 Å². The smallest absolute Gasteiger partial charge is 0.258 e. The van der Waals surface area contributed by atoms with E-state index in [4.69, 9.17) is 16.7 Å². The van der Waals surface area contributed by atoms with Crippen LogP contribution in [-0.2, 0) is 6.54 Å². The van der Waals surface area contributed by atoms with Crippen molar-refractivity contribution in [3.8, 4) is 11.4 Å². The summed E-state index contributed by atoms with van der Waals surface area (Å²) in [7, 11) is 0. The molecule has 3 aromatic carbocycles. The Morgan fingerprint density at radius 3 is 2.50 bits per heavy atom. The summed E-state index contributed by atoms with van der Waals surface area (Å²) in [6.07, 6.45) is 0. The highest BCUT2D eigenvalue weighted by atomic mass is 32.1. The van der Waals surface area contributed by atoms with Crippen molar-refractivity contribution in [1.82, 2.24) is 20.4 Å². The van der Waals surface area contributed by atoms with E-state index in [1.807, 2.05) is 19.1 Å². The number of allylic oxidation sites excluding steroid dienone is 1. The summed E-state index contributed by atoms with van der Waals surface area (Å²) >= 11 is 5.85. The molecule has 0 amide bonds. The lowest BCUT2D eigenvalue weighted by atomic mass is 9.92. The molecule has 1 atom stereocenters. The molecule has 1 unspecified atom stereocenters. The SMILES string of the molecule is CC1=C(c2nc(-c3cccc(F)c3)no2)C(c2ccc(C)c(C)c2)NC(=S)N1Cc1ccccc1C. The highest BCUT2D eigenvalue weighted by molar-refractivity contribution is 7.80. The molecular formula is C29H27FN4OS. The third kappa shape index (κ3) is 4.54. The van der Waals surface area contributed by atoms with Gasteiger partial charge in [-0.15, -0.1) is 0 Å². The monoisotopic (exact) mass is 498 g/mol. The highest BCUT2D eigenvalue weighted by Crippen LogP contribution is 2.38. The van der Waals surface area contributed by atoms with Gasteiger partial charge in [0.15, 0.2) is 5.11 Å². The first-order chi connectivity index (χ1) is 17.3. The van der Waals surface area contributed by atoms with Gasteiger partial charge in [-0.05, 0) is 79.9 Å². The van der Waals surface area contributed by atoms with Gasteiger partial charge in [-0.25, -0.2) is 4.39 Å². The Morgan fingerprint density at radius 2 is 1.75 bits per heavy atom. The quantitative estimate of drug-likeness (QED) is 0.311. The fraction of sp³-hybridized carbons (Fsp3) is 0.207. The summed E-state index contributed by atoms with van der Waals surface area (Å²) in [5.74, 6) is 0.360. The van der Waals surface area contributed by atoms with E-state index in [9.17, 15) is 4.39 Å². The van der Waals surface area contributed by atoms with E-state index in [1.54, 1.807) is 12.1 Å². The first-order valence-corrected chi connectivity index (χ1v) is 12.2. The van der Waals surface area contributed by atoms with Gasteiger partial charge in [0.2, 0.25) is 5.82 Å². The first-order valence-electron chi connectivity index (χ1n) is 11.8. The second-order valence-electron chi connectivity index (χ2n) is 9.17. The number of nitrogens with one attached hydrogen (secondary N) is 1. The van der Waals surface area contributed by atoms with E-state index in [0.29, 0.717) is 28.9 Å². The van der Waals surface area contributed by atoms with Crippen LogP contribution in [-0.4, -0.2) is 20.2 Å². The molecule has 5 rings (SSSR count). The van der Waals surface area contributed by atoms with Crippen molar-refractivity contribution in [3.05, 3.63) is 112 Å². The molecule has 0 saturated carbocycles. The van der Waals surface area contributed by atoms with Gasteiger partial charge in [0.05, 0.1) is 18.2 Å². The topological polar surface area (TPSA) is 54.2 Å². The molecule has 2 heterocycles. The van der Waals surface area contributed by atoms with Gasteiger partial charge in [0, 0.05) is 11.3 Å². The van der Waals surface area contributed by atoms with Crippen LogP contribution in [0.4, 0.5) is 4.39 Å². The number of benzene rings is 3. The Kier molecular flexibility index (Phi) is 6.41. The molecule has 0 fully saturated rings. The fourth-order valence-electron chi connectivity index (χ4n) is 4.48. The van der Waals surface area contributed by atoms with E-state index >= 15 is 0 Å². The first kappa shape index (κ1) is 23.9. The minimum absolute atomic E-state index is 0.272. The summed E-state index contributed by atoms with van der Waals surface area (Å²) in [6.45, 7) is 8.92. The number of halogens is 1. The highest BCUT2D eigenvalue weighted by Gasteiger charge is 2.34. The third-order valence-electron chi connectivity index (χ3n) is 6.79. The number of thiocarbonyl (C=S) groups is 1. The lowest BCUT2D eigenvalue weighted by molar-refractivity contribution is 0.396. The maximum Gasteiger partial charge on any atom is 0.258 e. The molecule has 0 saturated heterocycles. The van der Waals surface area contributed by atoms with Crippen molar-refractivity contribution in [3.63, 3.8) is 0 Å². The summed E-state index contributed by atoms with van der Waals surface area (Å²) in [6, 6.07) is 20.5. The maximum absolute atomic E-state index is 13.8. The van der Waals surface area contributed by atoms with Gasteiger partial charge < -0.3 is 14.7 Å². The molecule has 1 aliphatic heterocycles. The molecule has 1 aromatic heterocycles. The molecule has 36 heavy (non-hydrogen) atoms. The molecule has 7 heteroatoms. The lowest BCUT2D eigenvalue weighted by Crippen LogP contribution is -2.45. The van der Waals surface area contributed by atoms with Crippen molar-refractivity contribution in [2.75, 3.05) is 0 Å². The fourth-order valence-corrected chi connectivity index (χ4v) is 4.80. The summed E-state index contributed by atoms with van der Waals surface area (Å²) in [4.78, 5) is 6.75. The molecule has 1 aliphatic rings. The molecule has 182 valence electrons. The van der Waals surface area contributed by atoms with Gasteiger partial charge in [0.25, 0.3) is 5.89 Å². The predicted molar refractivity (Wildman–Crippen MR) is 143 cm³/mol. The van der Waals surface area contributed by atoms with Gasteiger partial charge in [-0.2, -0.15) is 4.98 Å². The van der Waals surface area contributed by atoms with E-state index < -0.39 is 0 Å². The Hall–Kier alpha value is -3.84. The number of aryl methyl sites for hydroxylation is 3. The lowest BCUT2D eigenvalue weighted by Gasteiger charge is -2.37. The largest absolute Gasteiger partial charge is 0.351 e. The van der Waals surface area contributed by atoms with Crippen LogP contribution in [0.5, 0.6) is 0 Å². The molecular weight excluding hydrogens is 471 g/mol. The zero-order chi connectivity index (χ0) is 25.4. The second-order valence-corrected chi connectivity index (χ2v) is 9.56. The van der Waals surface area contributed by atoms with Crippen molar-refractivity contribution in [2.24, 2.45) is 0 Å². The number of hydrogen-bond donors (Lipinski definition) is 1. The normalized spacial score (nSPS) is 15.9. The van der Waals surface area contributed by atoms with Crippen LogP contribution in [0.3, 0.4) is 0 Å². The van der Waals surface area contributed by atoms with Gasteiger partial charge in [-0.1, -0.05) is 59.8 Å². The zero-order valence-electron chi connectivity index (χ0n) is 20.7. The number of nitrogens with zero attached hydrogens (tertiary/aromatic N) is 3. The van der Waals surface area contributed by atoms with Crippen LogP contribution < -0.4 is 5.32 Å². The number of rotatable bonds is 5. The maximum atomic E-state index is 13.8. The molecule has 1 N–H and O–H groups in total. The van der Waals surface area contributed by atoms with Crippen LogP contribution in [0.2, 0.25) is 0 Å². The minimum atomic E-state index is -0.351. The van der Waals surface area contributed by atoms with Crippen molar-refractivity contribution in [1.29, 1.82) is 0 Å². The van der Waals surface area contributed by atoms with Crippen LogP contribution in [0.15, 0.2) is 77.0 Å². The average Bonchev–Trinajstić information content (AvgIpc) is 3.34. The summed E-state index contributed by atoms with van der Waals surface area (Å²) in [5.41, 5.74) is 8.15. The third-order valence-corrected chi connectivity index (χ3v) is 7.13. The van der Waals surface area contributed by atoms with Crippen LogP contribution >= 0.6 is 12.2 Å². The van der Waals surface area contributed by atoms with Crippen LogP contribution in [0, 0.1) is 26.6 Å². The van der Waals surface area contributed by atoms with E-state index in [-0.39, 0.29) is 11.9 Å². The average molecular weight is 499 g/mol. The Morgan fingerprint density at radius 1 is 0.944 bits per heavy atom. The van der Waals surface area contributed by atoms with E-state index in [2.05, 4.69) is 71.5 Å². The Labute approximate surface area is 215 Å².